The molecule has 0 spiro atoms. The van der Waals surface area contributed by atoms with Gasteiger partial charge in [-0.05, 0) is 37.1 Å². The van der Waals surface area contributed by atoms with Gasteiger partial charge in [-0.15, -0.1) is 5.11 Å². The number of alkyl halides is 3. The Morgan fingerprint density at radius 1 is 1.10 bits per heavy atom. The Kier molecular flexibility index (Phi) is 9.42. The van der Waals surface area contributed by atoms with Gasteiger partial charge in [0.15, 0.2) is 5.82 Å². The predicted octanol–water partition coefficient (Wildman–Crippen LogP) is 6.11. The van der Waals surface area contributed by atoms with Crippen LogP contribution in [-0.4, -0.2) is 49.0 Å². The van der Waals surface area contributed by atoms with Crippen molar-refractivity contribution in [2.24, 2.45) is 10.2 Å². The lowest BCUT2D eigenvalue weighted by Crippen LogP contribution is -2.36. The van der Waals surface area contributed by atoms with E-state index < -0.39 is 17.8 Å². The van der Waals surface area contributed by atoms with Crippen LogP contribution in [0.2, 0.25) is 0 Å². The maximum absolute atomic E-state index is 12.9. The predicted molar refractivity (Wildman–Crippen MR) is 139 cm³/mol. The van der Waals surface area contributed by atoms with Crippen molar-refractivity contribution in [3.05, 3.63) is 77.1 Å². The summed E-state index contributed by atoms with van der Waals surface area (Å²) in [5.41, 5.74) is 1.33. The highest BCUT2D eigenvalue weighted by Crippen LogP contribution is 2.30. The first-order valence-corrected chi connectivity index (χ1v) is 12.5. The van der Waals surface area contributed by atoms with Gasteiger partial charge in [0.1, 0.15) is 11.6 Å². The second-order valence-electron chi connectivity index (χ2n) is 8.93. The average molecular weight is 543 g/mol. The molecule has 0 saturated carbocycles. The van der Waals surface area contributed by atoms with Gasteiger partial charge in [0.05, 0.1) is 31.9 Å². The number of morpholine rings is 1. The van der Waals surface area contributed by atoms with Crippen LogP contribution in [0, 0.1) is 6.92 Å². The summed E-state index contributed by atoms with van der Waals surface area (Å²) in [6.45, 7) is 5.04. The Morgan fingerprint density at radius 2 is 1.90 bits per heavy atom. The fourth-order valence-corrected chi connectivity index (χ4v) is 3.91. The molecule has 0 aliphatic carbocycles. The minimum atomic E-state index is -4.50. The number of amides is 1. The van der Waals surface area contributed by atoms with E-state index in [4.69, 9.17) is 9.47 Å². The van der Waals surface area contributed by atoms with Gasteiger partial charge >= 0.3 is 12.3 Å². The molecule has 12 heteroatoms. The molecule has 2 heterocycles. The summed E-state index contributed by atoms with van der Waals surface area (Å²) in [6.07, 6.45) is -4.54. The first kappa shape index (κ1) is 28.0. The van der Waals surface area contributed by atoms with Gasteiger partial charge in [0, 0.05) is 31.3 Å². The van der Waals surface area contributed by atoms with Crippen molar-refractivity contribution in [2.75, 3.05) is 43.1 Å². The molecular formula is C27H29F3N6O3. The van der Waals surface area contributed by atoms with E-state index in [9.17, 15) is 18.0 Å². The Balaban J connectivity index is 1.35. The Morgan fingerprint density at radius 3 is 2.67 bits per heavy atom. The van der Waals surface area contributed by atoms with Crippen LogP contribution in [0.25, 0.3) is 0 Å². The van der Waals surface area contributed by atoms with Crippen molar-refractivity contribution in [1.29, 1.82) is 0 Å². The second kappa shape index (κ2) is 13.1. The van der Waals surface area contributed by atoms with E-state index in [0.717, 1.165) is 29.1 Å². The highest BCUT2D eigenvalue weighted by atomic mass is 19.4. The Bertz CT molecular complexity index is 1300. The summed E-state index contributed by atoms with van der Waals surface area (Å²) >= 11 is 0. The highest BCUT2D eigenvalue weighted by Gasteiger charge is 2.30. The Labute approximate surface area is 224 Å². The molecule has 3 aromatic rings. The van der Waals surface area contributed by atoms with Crippen molar-refractivity contribution < 1.29 is 27.4 Å². The van der Waals surface area contributed by atoms with Crippen LogP contribution in [0.3, 0.4) is 0 Å². The molecule has 1 aliphatic rings. The molecule has 0 atom stereocenters. The first-order chi connectivity index (χ1) is 18.8. The lowest BCUT2D eigenvalue weighted by Gasteiger charge is -2.28. The number of azo groups is 1. The van der Waals surface area contributed by atoms with Crippen LogP contribution in [0.4, 0.5) is 35.3 Å². The number of hydrogen-bond donors (Lipinski definition) is 1. The fourth-order valence-electron chi connectivity index (χ4n) is 3.91. The number of ether oxygens (including phenoxy) is 2. The summed E-state index contributed by atoms with van der Waals surface area (Å²) in [5.74, 6) is 1.67. The van der Waals surface area contributed by atoms with E-state index in [-0.39, 0.29) is 12.3 Å². The minimum Gasteiger partial charge on any atom is -0.449 e. The van der Waals surface area contributed by atoms with Crippen LogP contribution >= 0.6 is 0 Å². The number of rotatable bonds is 9. The molecule has 1 fully saturated rings. The molecule has 1 amide bonds. The number of anilines is 2. The second-order valence-corrected chi connectivity index (χ2v) is 8.93. The summed E-state index contributed by atoms with van der Waals surface area (Å²) in [4.78, 5) is 23.3. The number of benzene rings is 2. The molecule has 1 N–H and O–H groups in total. The molecule has 0 unspecified atom stereocenters. The van der Waals surface area contributed by atoms with E-state index >= 15 is 0 Å². The highest BCUT2D eigenvalue weighted by molar-refractivity contribution is 5.84. The number of carbonyl (C=O) groups excluding carboxylic acids is 1. The monoisotopic (exact) mass is 542 g/mol. The van der Waals surface area contributed by atoms with Gasteiger partial charge in [0.2, 0.25) is 0 Å². The zero-order valence-electron chi connectivity index (χ0n) is 21.4. The standard InChI is InChI=1S/C27H29F3N6O3/c1-19-5-2-6-20(15-19)18-31-35-24-17-25(36-10-13-38-14-11-36)34-23(33-24)9-4-12-39-26(37)32-22-8-3-7-21(16-22)27(28,29)30/h2-3,5-8,15-17H,4,9-14,18H2,1H3,(H,32,37). The van der Waals surface area contributed by atoms with E-state index in [1.807, 2.05) is 31.2 Å². The van der Waals surface area contributed by atoms with E-state index in [1.54, 1.807) is 6.07 Å². The zero-order valence-corrected chi connectivity index (χ0v) is 21.4. The number of carbonyl (C=O) groups is 1. The number of aryl methyl sites for hydroxylation is 2. The number of halogens is 3. The third kappa shape index (κ3) is 8.74. The van der Waals surface area contributed by atoms with Crippen LogP contribution in [0.15, 0.2) is 64.8 Å². The van der Waals surface area contributed by atoms with Gasteiger partial charge in [-0.2, -0.15) is 18.3 Å². The molecule has 4 rings (SSSR count). The Hall–Kier alpha value is -4.06. The molecule has 2 aromatic carbocycles. The van der Waals surface area contributed by atoms with Crippen molar-refractivity contribution in [2.45, 2.75) is 32.5 Å². The van der Waals surface area contributed by atoms with E-state index in [1.165, 1.54) is 12.1 Å². The van der Waals surface area contributed by atoms with Crippen LogP contribution < -0.4 is 10.2 Å². The third-order valence-electron chi connectivity index (χ3n) is 5.80. The lowest BCUT2D eigenvalue weighted by atomic mass is 10.1. The number of hydrogen-bond acceptors (Lipinski definition) is 8. The summed E-state index contributed by atoms with van der Waals surface area (Å²) in [7, 11) is 0. The first-order valence-electron chi connectivity index (χ1n) is 12.5. The molecule has 39 heavy (non-hydrogen) atoms. The topological polar surface area (TPSA) is 101 Å². The maximum atomic E-state index is 12.9. The van der Waals surface area contributed by atoms with Gasteiger partial charge in [-0.3, -0.25) is 5.32 Å². The molecule has 1 aliphatic heterocycles. The average Bonchev–Trinajstić information content (AvgIpc) is 2.91. The van der Waals surface area contributed by atoms with E-state index in [2.05, 4.69) is 30.4 Å². The van der Waals surface area contributed by atoms with Gasteiger partial charge in [-0.25, -0.2) is 14.8 Å². The summed E-state index contributed by atoms with van der Waals surface area (Å²) in [6, 6.07) is 14.2. The van der Waals surface area contributed by atoms with Gasteiger partial charge in [0.25, 0.3) is 0 Å². The SMILES string of the molecule is Cc1cccc(CN=Nc2cc(N3CCOCC3)nc(CCCOC(=O)Nc3cccc(C(F)(F)F)c3)n2)c1. The van der Waals surface area contributed by atoms with Crippen molar-refractivity contribution in [3.8, 4) is 0 Å². The third-order valence-corrected chi connectivity index (χ3v) is 5.80. The van der Waals surface area contributed by atoms with E-state index in [0.29, 0.717) is 57.3 Å². The molecule has 9 nitrogen and oxygen atoms in total. The fraction of sp³-hybridized carbons (Fsp3) is 0.370. The molecule has 206 valence electrons. The smallest absolute Gasteiger partial charge is 0.416 e. The summed E-state index contributed by atoms with van der Waals surface area (Å²) < 4.78 is 49.2. The van der Waals surface area contributed by atoms with Gasteiger partial charge < -0.3 is 14.4 Å². The largest absolute Gasteiger partial charge is 0.449 e. The number of nitrogens with one attached hydrogen (secondary N) is 1. The van der Waals surface area contributed by atoms with Crippen molar-refractivity contribution >= 4 is 23.4 Å². The van der Waals surface area contributed by atoms with Crippen LogP contribution in [-0.2, 0) is 28.6 Å². The zero-order chi connectivity index (χ0) is 27.7. The molecule has 0 bridgehead atoms. The molecular weight excluding hydrogens is 513 g/mol. The minimum absolute atomic E-state index is 0.00274. The maximum Gasteiger partial charge on any atom is 0.416 e. The number of aromatic nitrogens is 2. The molecule has 0 radical (unpaired) electrons. The van der Waals surface area contributed by atoms with Crippen LogP contribution in [0.5, 0.6) is 0 Å². The molecule has 1 saturated heterocycles. The van der Waals surface area contributed by atoms with Crippen molar-refractivity contribution in [3.63, 3.8) is 0 Å². The van der Waals surface area contributed by atoms with Crippen LogP contribution in [0.1, 0.15) is 28.9 Å². The van der Waals surface area contributed by atoms with Gasteiger partial charge in [-0.1, -0.05) is 35.9 Å². The summed E-state index contributed by atoms with van der Waals surface area (Å²) in [5, 5.41) is 10.9. The number of nitrogens with zero attached hydrogens (tertiary/aromatic N) is 5. The van der Waals surface area contributed by atoms with Crippen molar-refractivity contribution in [1.82, 2.24) is 9.97 Å². The normalized spacial score (nSPS) is 14.0. The quantitative estimate of drug-likeness (QED) is 0.259. The lowest BCUT2D eigenvalue weighted by molar-refractivity contribution is -0.137. The molecule has 1 aromatic heterocycles.